The van der Waals surface area contributed by atoms with Gasteiger partial charge in [0.1, 0.15) is 7.05 Å². The number of nitrogens with zero attached hydrogens (tertiary/aromatic N) is 1. The van der Waals surface area contributed by atoms with Crippen LogP contribution in [0, 0.1) is 0 Å². The second kappa shape index (κ2) is 5.21. The van der Waals surface area contributed by atoms with Crippen molar-refractivity contribution in [3.05, 3.63) is 65.5 Å². The lowest BCUT2D eigenvalue weighted by molar-refractivity contribution is -0.673. The third-order valence-corrected chi connectivity index (χ3v) is 2.59. The molecule has 0 aliphatic carbocycles. The summed E-state index contributed by atoms with van der Waals surface area (Å²) in [4.78, 5) is 10.7. The van der Waals surface area contributed by atoms with Crippen LogP contribution in [0.15, 0.2) is 48.7 Å². The Labute approximate surface area is 101 Å². The first-order valence-electron chi connectivity index (χ1n) is 5.47. The fraction of sp³-hybridized carbons (Fsp3) is 0.0667. The topological polar surface area (TPSA) is 20.9 Å². The molecule has 0 unspecified atom stereocenters. The van der Waals surface area contributed by atoms with Crippen LogP contribution in [-0.2, 0) is 7.05 Å². The maximum absolute atomic E-state index is 10.7. The van der Waals surface area contributed by atoms with Crippen molar-refractivity contribution in [1.82, 2.24) is 0 Å². The van der Waals surface area contributed by atoms with Crippen molar-refractivity contribution in [2.24, 2.45) is 7.05 Å². The SMILES string of the molecule is C[n+]1ccc(C=O)cc1C=Cc1ccccc1. The Balaban J connectivity index is 2.29. The number of aldehydes is 1. The number of hydrogen-bond donors (Lipinski definition) is 0. The summed E-state index contributed by atoms with van der Waals surface area (Å²) in [5, 5.41) is 0. The Morgan fingerprint density at radius 2 is 1.76 bits per heavy atom. The Morgan fingerprint density at radius 3 is 2.47 bits per heavy atom. The van der Waals surface area contributed by atoms with Crippen molar-refractivity contribution < 1.29 is 9.36 Å². The van der Waals surface area contributed by atoms with Crippen LogP contribution in [0.25, 0.3) is 12.2 Å². The van der Waals surface area contributed by atoms with E-state index in [1.807, 2.05) is 66.4 Å². The average Bonchev–Trinajstić information content (AvgIpc) is 2.39. The molecule has 0 fully saturated rings. The Bertz CT molecular complexity index is 544. The van der Waals surface area contributed by atoms with Gasteiger partial charge in [-0.15, -0.1) is 0 Å². The van der Waals surface area contributed by atoms with Crippen molar-refractivity contribution in [1.29, 1.82) is 0 Å². The lowest BCUT2D eigenvalue weighted by Gasteiger charge is -1.95. The van der Waals surface area contributed by atoms with Gasteiger partial charge in [-0.1, -0.05) is 30.3 Å². The number of rotatable bonds is 3. The molecule has 0 spiro atoms. The molecular weight excluding hydrogens is 210 g/mol. The zero-order chi connectivity index (χ0) is 12.1. The van der Waals surface area contributed by atoms with Gasteiger partial charge >= 0.3 is 0 Å². The molecule has 1 aromatic heterocycles. The quantitative estimate of drug-likeness (QED) is 0.579. The summed E-state index contributed by atoms with van der Waals surface area (Å²) in [5.74, 6) is 0. The second-order valence-corrected chi connectivity index (χ2v) is 3.86. The molecule has 0 radical (unpaired) electrons. The van der Waals surface area contributed by atoms with Gasteiger partial charge in [0.15, 0.2) is 12.5 Å². The molecule has 0 amide bonds. The number of aromatic nitrogens is 1. The predicted octanol–water partition coefficient (Wildman–Crippen LogP) is 2.49. The fourth-order valence-corrected chi connectivity index (χ4v) is 1.59. The van der Waals surface area contributed by atoms with Gasteiger partial charge < -0.3 is 0 Å². The van der Waals surface area contributed by atoms with E-state index in [0.717, 1.165) is 17.5 Å². The number of benzene rings is 1. The third kappa shape index (κ3) is 2.88. The first-order chi connectivity index (χ1) is 8.29. The van der Waals surface area contributed by atoms with Gasteiger partial charge in [-0.05, 0) is 11.6 Å². The molecule has 2 aromatic rings. The molecular formula is C15H14NO+. The zero-order valence-electron chi connectivity index (χ0n) is 9.71. The Hall–Kier alpha value is -2.22. The van der Waals surface area contributed by atoms with Crippen molar-refractivity contribution >= 4 is 18.4 Å². The first-order valence-corrected chi connectivity index (χ1v) is 5.47. The van der Waals surface area contributed by atoms with Crippen LogP contribution in [0.5, 0.6) is 0 Å². The van der Waals surface area contributed by atoms with Crippen LogP contribution in [0.1, 0.15) is 21.6 Å². The summed E-state index contributed by atoms with van der Waals surface area (Å²) < 4.78 is 1.98. The predicted molar refractivity (Wildman–Crippen MR) is 68.4 cm³/mol. The smallest absolute Gasteiger partial charge is 0.205 e. The lowest BCUT2D eigenvalue weighted by atomic mass is 10.1. The minimum Gasteiger partial charge on any atom is -0.298 e. The van der Waals surface area contributed by atoms with Crippen LogP contribution >= 0.6 is 0 Å². The number of carbonyl (C=O) groups excluding carboxylic acids is 1. The molecule has 2 nitrogen and oxygen atoms in total. The van der Waals surface area contributed by atoms with Gasteiger partial charge in [0.2, 0.25) is 5.69 Å². The molecule has 0 atom stereocenters. The van der Waals surface area contributed by atoms with Crippen molar-refractivity contribution in [3.8, 4) is 0 Å². The van der Waals surface area contributed by atoms with E-state index in [4.69, 9.17) is 0 Å². The van der Waals surface area contributed by atoms with E-state index in [1.54, 1.807) is 6.07 Å². The van der Waals surface area contributed by atoms with Gasteiger partial charge in [-0.2, -0.15) is 0 Å². The molecule has 84 valence electrons. The molecule has 0 saturated carbocycles. The summed E-state index contributed by atoms with van der Waals surface area (Å²) in [6.45, 7) is 0. The van der Waals surface area contributed by atoms with E-state index in [2.05, 4.69) is 0 Å². The molecule has 0 bridgehead atoms. The Morgan fingerprint density at radius 1 is 1.00 bits per heavy atom. The summed E-state index contributed by atoms with van der Waals surface area (Å²) in [6, 6.07) is 13.7. The second-order valence-electron chi connectivity index (χ2n) is 3.86. The van der Waals surface area contributed by atoms with Gasteiger partial charge in [0, 0.05) is 23.8 Å². The number of pyridine rings is 1. The van der Waals surface area contributed by atoms with Gasteiger partial charge in [0.25, 0.3) is 0 Å². The zero-order valence-corrected chi connectivity index (χ0v) is 9.71. The maximum Gasteiger partial charge on any atom is 0.205 e. The highest BCUT2D eigenvalue weighted by atomic mass is 16.1. The Kier molecular flexibility index (Phi) is 3.46. The summed E-state index contributed by atoms with van der Waals surface area (Å²) in [6.07, 6.45) is 6.78. The summed E-state index contributed by atoms with van der Waals surface area (Å²) in [5.41, 5.74) is 2.83. The first kappa shape index (κ1) is 11.3. The van der Waals surface area contributed by atoms with Gasteiger partial charge in [-0.25, -0.2) is 4.57 Å². The summed E-state index contributed by atoms with van der Waals surface area (Å²) >= 11 is 0. The van der Waals surface area contributed by atoms with Crippen molar-refractivity contribution in [3.63, 3.8) is 0 Å². The molecule has 2 heteroatoms. The maximum atomic E-state index is 10.7. The minimum absolute atomic E-state index is 0.691. The van der Waals surface area contributed by atoms with Crippen LogP contribution in [0.2, 0.25) is 0 Å². The molecule has 0 aliphatic heterocycles. The highest BCUT2D eigenvalue weighted by molar-refractivity contribution is 5.76. The summed E-state index contributed by atoms with van der Waals surface area (Å²) in [7, 11) is 1.96. The standard InChI is InChI=1S/C15H14NO/c1-16-10-9-14(12-17)11-15(16)8-7-13-5-3-2-4-6-13/h2-12H,1H3/q+1. The normalized spacial score (nSPS) is 10.6. The number of carbonyl (C=O) groups is 1. The molecule has 1 heterocycles. The van der Waals surface area contributed by atoms with Gasteiger partial charge in [0.05, 0.1) is 0 Å². The van der Waals surface area contributed by atoms with Crippen molar-refractivity contribution in [2.45, 2.75) is 0 Å². The van der Waals surface area contributed by atoms with E-state index in [-0.39, 0.29) is 0 Å². The van der Waals surface area contributed by atoms with Crippen LogP contribution in [-0.4, -0.2) is 6.29 Å². The highest BCUT2D eigenvalue weighted by Crippen LogP contribution is 2.05. The van der Waals surface area contributed by atoms with Crippen LogP contribution in [0.3, 0.4) is 0 Å². The van der Waals surface area contributed by atoms with Crippen molar-refractivity contribution in [2.75, 3.05) is 0 Å². The molecule has 0 N–H and O–H groups in total. The van der Waals surface area contributed by atoms with Crippen LogP contribution < -0.4 is 4.57 Å². The molecule has 0 saturated heterocycles. The third-order valence-electron chi connectivity index (χ3n) is 2.59. The number of hydrogen-bond acceptors (Lipinski definition) is 1. The molecule has 0 aliphatic rings. The van der Waals surface area contributed by atoms with Crippen LogP contribution in [0.4, 0.5) is 0 Å². The largest absolute Gasteiger partial charge is 0.298 e. The van der Waals surface area contributed by atoms with E-state index >= 15 is 0 Å². The van der Waals surface area contributed by atoms with E-state index < -0.39 is 0 Å². The molecule has 2 rings (SSSR count). The molecule has 17 heavy (non-hydrogen) atoms. The number of aryl methyl sites for hydroxylation is 1. The van der Waals surface area contributed by atoms with Gasteiger partial charge in [-0.3, -0.25) is 4.79 Å². The lowest BCUT2D eigenvalue weighted by Crippen LogP contribution is -2.31. The van der Waals surface area contributed by atoms with E-state index in [1.165, 1.54) is 0 Å². The molecule has 1 aromatic carbocycles. The highest BCUT2D eigenvalue weighted by Gasteiger charge is 2.03. The minimum atomic E-state index is 0.691. The average molecular weight is 224 g/mol. The van der Waals surface area contributed by atoms with E-state index in [9.17, 15) is 4.79 Å². The monoisotopic (exact) mass is 224 g/mol. The van der Waals surface area contributed by atoms with E-state index in [0.29, 0.717) is 5.56 Å². The fourth-order valence-electron chi connectivity index (χ4n) is 1.59.